The number of carbonyl (C=O) groups excluding carboxylic acids is 2. The fourth-order valence-corrected chi connectivity index (χ4v) is 2.66. The normalized spacial score (nSPS) is 12.7. The predicted octanol–water partition coefficient (Wildman–Crippen LogP) is 2.73. The van der Waals surface area contributed by atoms with E-state index in [1.54, 1.807) is 55.5 Å². The Morgan fingerprint density at radius 2 is 1.73 bits per heavy atom. The molecule has 0 fully saturated rings. The largest absolute Gasteiger partial charge is 0.481 e. The summed E-state index contributed by atoms with van der Waals surface area (Å²) in [6.07, 6.45) is -0.226. The van der Waals surface area contributed by atoms with Crippen LogP contribution in [-0.2, 0) is 15.0 Å². The maximum Gasteiger partial charge on any atom is 0.314 e. The number of benzene rings is 2. The number of nitrogens with one attached hydrogen (secondary N) is 2. The number of amides is 2. The SMILES string of the molecule is CNC(=O)c1ccc(C)c(NC(=O)C[C@](C)(C(=O)O)c2ccccc2)c1. The van der Waals surface area contributed by atoms with Crippen molar-refractivity contribution in [1.29, 1.82) is 0 Å². The van der Waals surface area contributed by atoms with Gasteiger partial charge < -0.3 is 15.7 Å². The monoisotopic (exact) mass is 354 g/mol. The molecule has 0 bridgehead atoms. The summed E-state index contributed by atoms with van der Waals surface area (Å²) in [6, 6.07) is 13.6. The average molecular weight is 354 g/mol. The highest BCUT2D eigenvalue weighted by atomic mass is 16.4. The van der Waals surface area contributed by atoms with E-state index in [1.807, 2.05) is 0 Å². The molecule has 0 unspecified atom stereocenters. The minimum absolute atomic E-state index is 0.226. The fourth-order valence-electron chi connectivity index (χ4n) is 2.66. The molecular formula is C20H22N2O4. The minimum Gasteiger partial charge on any atom is -0.481 e. The van der Waals surface area contributed by atoms with Crippen LogP contribution >= 0.6 is 0 Å². The molecule has 1 atom stereocenters. The number of carboxylic acids is 1. The second-order valence-electron chi connectivity index (χ2n) is 6.34. The summed E-state index contributed by atoms with van der Waals surface area (Å²) < 4.78 is 0. The highest BCUT2D eigenvalue weighted by molar-refractivity contribution is 5.99. The zero-order valence-corrected chi connectivity index (χ0v) is 15.0. The van der Waals surface area contributed by atoms with Crippen LogP contribution in [0, 0.1) is 6.92 Å². The van der Waals surface area contributed by atoms with Gasteiger partial charge in [-0.2, -0.15) is 0 Å². The molecule has 0 saturated heterocycles. The molecule has 2 rings (SSSR count). The third-order valence-corrected chi connectivity index (χ3v) is 4.40. The number of hydrogen-bond acceptors (Lipinski definition) is 3. The number of hydrogen-bond donors (Lipinski definition) is 3. The topological polar surface area (TPSA) is 95.5 Å². The van der Waals surface area contributed by atoms with Crippen molar-refractivity contribution < 1.29 is 19.5 Å². The van der Waals surface area contributed by atoms with Crippen molar-refractivity contribution in [2.75, 3.05) is 12.4 Å². The first-order chi connectivity index (χ1) is 12.3. The summed E-state index contributed by atoms with van der Waals surface area (Å²) in [5.41, 5.74) is 0.882. The minimum atomic E-state index is -1.35. The number of aryl methyl sites for hydroxylation is 1. The highest BCUT2D eigenvalue weighted by Crippen LogP contribution is 2.29. The lowest BCUT2D eigenvalue weighted by atomic mass is 9.79. The molecule has 26 heavy (non-hydrogen) atoms. The first kappa shape index (κ1) is 19.2. The van der Waals surface area contributed by atoms with Gasteiger partial charge in [-0.05, 0) is 37.1 Å². The molecule has 0 radical (unpaired) electrons. The van der Waals surface area contributed by atoms with Crippen molar-refractivity contribution in [3.63, 3.8) is 0 Å². The number of rotatable bonds is 6. The molecule has 0 spiro atoms. The van der Waals surface area contributed by atoms with Gasteiger partial charge in [-0.25, -0.2) is 0 Å². The van der Waals surface area contributed by atoms with Crippen molar-refractivity contribution in [2.24, 2.45) is 0 Å². The molecule has 3 N–H and O–H groups in total. The molecule has 0 aliphatic heterocycles. The van der Waals surface area contributed by atoms with Crippen LogP contribution in [0.4, 0.5) is 5.69 Å². The van der Waals surface area contributed by atoms with Crippen LogP contribution in [0.5, 0.6) is 0 Å². The van der Waals surface area contributed by atoms with Gasteiger partial charge in [-0.3, -0.25) is 14.4 Å². The van der Waals surface area contributed by atoms with E-state index in [0.717, 1.165) is 5.56 Å². The van der Waals surface area contributed by atoms with Crippen molar-refractivity contribution in [1.82, 2.24) is 5.32 Å². The van der Waals surface area contributed by atoms with Crippen LogP contribution in [-0.4, -0.2) is 29.9 Å². The molecule has 0 aliphatic carbocycles. The van der Waals surface area contributed by atoms with Gasteiger partial charge in [0.25, 0.3) is 5.91 Å². The van der Waals surface area contributed by atoms with Gasteiger partial charge in [0, 0.05) is 24.7 Å². The van der Waals surface area contributed by atoms with E-state index in [0.29, 0.717) is 16.8 Å². The van der Waals surface area contributed by atoms with Gasteiger partial charge >= 0.3 is 5.97 Å². The van der Waals surface area contributed by atoms with Crippen LogP contribution < -0.4 is 10.6 Å². The van der Waals surface area contributed by atoms with Crippen LogP contribution in [0.1, 0.15) is 34.8 Å². The summed E-state index contributed by atoms with van der Waals surface area (Å²) in [5, 5.41) is 14.9. The van der Waals surface area contributed by atoms with Crippen molar-refractivity contribution in [2.45, 2.75) is 25.7 Å². The number of carbonyl (C=O) groups is 3. The summed E-state index contributed by atoms with van der Waals surface area (Å²) >= 11 is 0. The lowest BCUT2D eigenvalue weighted by Crippen LogP contribution is -2.36. The summed E-state index contributed by atoms with van der Waals surface area (Å²) in [6.45, 7) is 3.33. The van der Waals surface area contributed by atoms with E-state index >= 15 is 0 Å². The van der Waals surface area contributed by atoms with Crippen LogP contribution in [0.25, 0.3) is 0 Å². The smallest absolute Gasteiger partial charge is 0.314 e. The first-order valence-electron chi connectivity index (χ1n) is 8.19. The van der Waals surface area contributed by atoms with E-state index in [1.165, 1.54) is 14.0 Å². The average Bonchev–Trinajstić information content (AvgIpc) is 2.63. The quantitative estimate of drug-likeness (QED) is 0.743. The van der Waals surface area contributed by atoms with Gasteiger partial charge in [0.2, 0.25) is 5.91 Å². The Morgan fingerprint density at radius 3 is 2.31 bits per heavy atom. The number of anilines is 1. The summed E-state index contributed by atoms with van der Waals surface area (Å²) in [5.74, 6) is -1.77. The lowest BCUT2D eigenvalue weighted by Gasteiger charge is -2.25. The van der Waals surface area contributed by atoms with E-state index in [4.69, 9.17) is 0 Å². The highest BCUT2D eigenvalue weighted by Gasteiger charge is 2.37. The van der Waals surface area contributed by atoms with Gasteiger partial charge in [-0.15, -0.1) is 0 Å². The van der Waals surface area contributed by atoms with Crippen molar-refractivity contribution >= 4 is 23.5 Å². The third-order valence-electron chi connectivity index (χ3n) is 4.40. The van der Waals surface area contributed by atoms with Crippen molar-refractivity contribution in [3.8, 4) is 0 Å². The maximum absolute atomic E-state index is 12.5. The molecule has 0 aromatic heterocycles. The Balaban J connectivity index is 2.24. The van der Waals surface area contributed by atoms with Crippen LogP contribution in [0.2, 0.25) is 0 Å². The van der Waals surface area contributed by atoms with Gasteiger partial charge in [-0.1, -0.05) is 36.4 Å². The lowest BCUT2D eigenvalue weighted by molar-refractivity contribution is -0.145. The van der Waals surface area contributed by atoms with Crippen LogP contribution in [0.3, 0.4) is 0 Å². The molecule has 0 aliphatic rings. The van der Waals surface area contributed by atoms with E-state index in [2.05, 4.69) is 10.6 Å². The Morgan fingerprint density at radius 1 is 1.08 bits per heavy atom. The summed E-state index contributed by atoms with van der Waals surface area (Å²) in [7, 11) is 1.53. The van der Waals surface area contributed by atoms with Crippen molar-refractivity contribution in [3.05, 3.63) is 65.2 Å². The molecule has 6 heteroatoms. The van der Waals surface area contributed by atoms with Gasteiger partial charge in [0.15, 0.2) is 0 Å². The maximum atomic E-state index is 12.5. The summed E-state index contributed by atoms with van der Waals surface area (Å²) in [4.78, 5) is 36.1. The Bertz CT molecular complexity index is 833. The Labute approximate surface area is 152 Å². The molecule has 2 aromatic rings. The molecule has 2 amide bonds. The zero-order valence-electron chi connectivity index (χ0n) is 15.0. The standard InChI is InChI=1S/C20H22N2O4/c1-13-9-10-14(18(24)21-3)11-16(13)22-17(23)12-20(2,19(25)26)15-7-5-4-6-8-15/h4-11H,12H2,1-3H3,(H,21,24)(H,22,23)(H,25,26)/t20-/m0/s1. The molecule has 6 nitrogen and oxygen atoms in total. The predicted molar refractivity (Wildman–Crippen MR) is 99.2 cm³/mol. The fraction of sp³-hybridized carbons (Fsp3) is 0.250. The second kappa shape index (κ2) is 7.82. The number of aliphatic carboxylic acids is 1. The zero-order chi connectivity index (χ0) is 19.3. The molecule has 136 valence electrons. The Hall–Kier alpha value is -3.15. The molecule has 0 saturated carbocycles. The molecule has 0 heterocycles. The molecular weight excluding hydrogens is 332 g/mol. The van der Waals surface area contributed by atoms with Crippen LogP contribution in [0.15, 0.2) is 48.5 Å². The van der Waals surface area contributed by atoms with E-state index < -0.39 is 17.3 Å². The van der Waals surface area contributed by atoms with Gasteiger partial charge in [0.05, 0.1) is 5.41 Å². The second-order valence-corrected chi connectivity index (χ2v) is 6.34. The first-order valence-corrected chi connectivity index (χ1v) is 8.19. The van der Waals surface area contributed by atoms with Gasteiger partial charge in [0.1, 0.15) is 0 Å². The number of carboxylic acid groups (broad SMARTS) is 1. The third kappa shape index (κ3) is 4.08. The Kier molecular flexibility index (Phi) is 5.77. The van der Waals surface area contributed by atoms with E-state index in [-0.39, 0.29) is 12.3 Å². The van der Waals surface area contributed by atoms with E-state index in [9.17, 15) is 19.5 Å². The molecule has 2 aromatic carbocycles.